The van der Waals surface area contributed by atoms with Crippen LogP contribution in [-0.4, -0.2) is 16.2 Å². The Hall–Kier alpha value is -1.61. The van der Waals surface area contributed by atoms with Crippen LogP contribution in [0.4, 0.5) is 0 Å². The Labute approximate surface area is 101 Å². The highest BCUT2D eigenvalue weighted by molar-refractivity contribution is 5.30. The van der Waals surface area contributed by atoms with Gasteiger partial charge in [0.1, 0.15) is 11.9 Å². The Kier molecular flexibility index (Phi) is 2.69. The van der Waals surface area contributed by atoms with Gasteiger partial charge in [0.05, 0.1) is 13.2 Å². The smallest absolute Gasteiger partial charge is 0.105 e. The summed E-state index contributed by atoms with van der Waals surface area (Å²) < 4.78 is 8.03. The van der Waals surface area contributed by atoms with Crippen LogP contribution in [0.15, 0.2) is 36.7 Å². The molecule has 1 aromatic carbocycles. The van der Waals surface area contributed by atoms with Crippen molar-refractivity contribution in [3.05, 3.63) is 53.6 Å². The Morgan fingerprint density at radius 1 is 1.41 bits per heavy atom. The van der Waals surface area contributed by atoms with Gasteiger partial charge in [-0.1, -0.05) is 24.3 Å². The first-order chi connectivity index (χ1) is 8.34. The molecule has 2 heterocycles. The minimum Gasteiger partial charge on any atom is -0.371 e. The quantitative estimate of drug-likeness (QED) is 0.789. The molecule has 2 aromatic rings. The van der Waals surface area contributed by atoms with E-state index in [2.05, 4.69) is 33.8 Å². The van der Waals surface area contributed by atoms with Crippen LogP contribution in [0.1, 0.15) is 23.1 Å². The zero-order valence-electron chi connectivity index (χ0n) is 9.97. The molecule has 0 saturated carbocycles. The van der Waals surface area contributed by atoms with Crippen LogP contribution in [0.5, 0.6) is 0 Å². The maximum absolute atomic E-state index is 5.88. The van der Waals surface area contributed by atoms with Gasteiger partial charge in [0.25, 0.3) is 0 Å². The number of aromatic nitrogens is 2. The molecular formula is C14H16N2O. The molecule has 0 amide bonds. The van der Waals surface area contributed by atoms with Crippen LogP contribution in [-0.2, 0) is 17.7 Å². The summed E-state index contributed by atoms with van der Waals surface area (Å²) in [6, 6.07) is 8.56. The summed E-state index contributed by atoms with van der Waals surface area (Å²) in [4.78, 5) is 4.25. The van der Waals surface area contributed by atoms with Crippen molar-refractivity contribution in [1.29, 1.82) is 0 Å². The van der Waals surface area contributed by atoms with Crippen molar-refractivity contribution in [3.63, 3.8) is 0 Å². The molecule has 1 aliphatic heterocycles. The predicted molar refractivity (Wildman–Crippen MR) is 65.8 cm³/mol. The summed E-state index contributed by atoms with van der Waals surface area (Å²) in [7, 11) is 0. The number of benzene rings is 1. The maximum atomic E-state index is 5.88. The monoisotopic (exact) mass is 228 g/mol. The van der Waals surface area contributed by atoms with Crippen LogP contribution >= 0.6 is 0 Å². The van der Waals surface area contributed by atoms with Gasteiger partial charge < -0.3 is 9.30 Å². The highest BCUT2D eigenvalue weighted by Gasteiger charge is 2.20. The minimum atomic E-state index is 0.160. The molecule has 0 radical (unpaired) electrons. The third-order valence-electron chi connectivity index (χ3n) is 3.38. The highest BCUT2D eigenvalue weighted by Crippen LogP contribution is 2.28. The first-order valence-electron chi connectivity index (χ1n) is 6.02. The predicted octanol–water partition coefficient (Wildman–Crippen LogP) is 2.51. The average Bonchev–Trinajstić information content (AvgIpc) is 2.76. The molecular weight excluding hydrogens is 212 g/mol. The topological polar surface area (TPSA) is 27.1 Å². The van der Waals surface area contributed by atoms with Gasteiger partial charge in [-0.2, -0.15) is 0 Å². The molecule has 1 aromatic heterocycles. The number of hydrogen-bond acceptors (Lipinski definition) is 2. The number of nitrogens with zero attached hydrogens (tertiary/aromatic N) is 2. The van der Waals surface area contributed by atoms with Crippen molar-refractivity contribution in [2.45, 2.75) is 26.0 Å². The molecule has 3 heteroatoms. The molecule has 17 heavy (non-hydrogen) atoms. The fourth-order valence-electron chi connectivity index (χ4n) is 2.40. The number of ether oxygens (including phenoxy) is 1. The summed E-state index contributed by atoms with van der Waals surface area (Å²) in [5.41, 5.74) is 2.74. The van der Waals surface area contributed by atoms with Crippen molar-refractivity contribution < 1.29 is 4.74 Å². The molecule has 0 saturated heterocycles. The first-order valence-corrected chi connectivity index (χ1v) is 6.02. The van der Waals surface area contributed by atoms with Crippen molar-refractivity contribution in [2.75, 3.05) is 6.61 Å². The van der Waals surface area contributed by atoms with Gasteiger partial charge in [0.2, 0.25) is 0 Å². The molecule has 0 spiro atoms. The van der Waals surface area contributed by atoms with E-state index in [1.54, 1.807) is 0 Å². The summed E-state index contributed by atoms with van der Waals surface area (Å²) >= 11 is 0. The standard InChI is InChI=1S/C14H16N2O/c1-11-15-7-8-16(11)10-14-13-5-3-2-4-12(13)6-9-17-14/h2-5,7-8,14H,6,9-10H2,1H3. The van der Waals surface area contributed by atoms with E-state index in [0.717, 1.165) is 25.4 Å². The molecule has 0 aliphatic carbocycles. The Morgan fingerprint density at radius 3 is 3.12 bits per heavy atom. The second-order valence-corrected chi connectivity index (χ2v) is 4.44. The van der Waals surface area contributed by atoms with Gasteiger partial charge in [0, 0.05) is 12.4 Å². The molecule has 1 unspecified atom stereocenters. The summed E-state index contributed by atoms with van der Waals surface area (Å²) in [6.07, 6.45) is 5.03. The third-order valence-corrected chi connectivity index (χ3v) is 3.38. The second-order valence-electron chi connectivity index (χ2n) is 4.44. The van der Waals surface area contributed by atoms with E-state index in [1.165, 1.54) is 11.1 Å². The van der Waals surface area contributed by atoms with Gasteiger partial charge in [-0.3, -0.25) is 0 Å². The number of hydrogen-bond donors (Lipinski definition) is 0. The number of rotatable bonds is 2. The fraction of sp³-hybridized carbons (Fsp3) is 0.357. The second kappa shape index (κ2) is 4.34. The Balaban J connectivity index is 1.88. The Bertz CT molecular complexity index is 518. The van der Waals surface area contributed by atoms with Gasteiger partial charge in [-0.25, -0.2) is 4.98 Å². The molecule has 88 valence electrons. The van der Waals surface area contributed by atoms with Crippen LogP contribution in [0.25, 0.3) is 0 Å². The van der Waals surface area contributed by atoms with E-state index in [-0.39, 0.29) is 6.10 Å². The first kappa shape index (κ1) is 10.5. The largest absolute Gasteiger partial charge is 0.371 e. The van der Waals surface area contributed by atoms with Crippen LogP contribution in [0, 0.1) is 6.92 Å². The van der Waals surface area contributed by atoms with Crippen molar-refractivity contribution >= 4 is 0 Å². The van der Waals surface area contributed by atoms with E-state index in [0.29, 0.717) is 0 Å². The van der Waals surface area contributed by atoms with Gasteiger partial charge in [0.15, 0.2) is 0 Å². The molecule has 0 fully saturated rings. The zero-order chi connectivity index (χ0) is 11.7. The number of aryl methyl sites for hydroxylation is 1. The van der Waals surface area contributed by atoms with Crippen LogP contribution < -0.4 is 0 Å². The summed E-state index contributed by atoms with van der Waals surface area (Å²) in [5, 5.41) is 0. The normalized spacial score (nSPS) is 19.0. The minimum absolute atomic E-state index is 0.160. The molecule has 1 atom stereocenters. The van der Waals surface area contributed by atoms with E-state index >= 15 is 0 Å². The number of fused-ring (bicyclic) bond motifs is 1. The number of imidazole rings is 1. The van der Waals surface area contributed by atoms with Gasteiger partial charge in [-0.05, 0) is 24.5 Å². The van der Waals surface area contributed by atoms with Crippen molar-refractivity contribution in [1.82, 2.24) is 9.55 Å². The lowest BCUT2D eigenvalue weighted by atomic mass is 9.97. The molecule has 3 rings (SSSR count). The summed E-state index contributed by atoms with van der Waals surface area (Å²) in [5.74, 6) is 1.04. The third kappa shape index (κ3) is 1.98. The molecule has 1 aliphatic rings. The lowest BCUT2D eigenvalue weighted by molar-refractivity contribution is 0.0302. The molecule has 3 nitrogen and oxygen atoms in total. The fourth-order valence-corrected chi connectivity index (χ4v) is 2.40. The van der Waals surface area contributed by atoms with Gasteiger partial charge >= 0.3 is 0 Å². The van der Waals surface area contributed by atoms with Crippen molar-refractivity contribution in [3.8, 4) is 0 Å². The molecule has 0 N–H and O–H groups in total. The van der Waals surface area contributed by atoms with E-state index < -0.39 is 0 Å². The van der Waals surface area contributed by atoms with E-state index in [1.807, 2.05) is 19.3 Å². The molecule has 0 bridgehead atoms. The van der Waals surface area contributed by atoms with Crippen LogP contribution in [0.3, 0.4) is 0 Å². The van der Waals surface area contributed by atoms with Crippen molar-refractivity contribution in [2.24, 2.45) is 0 Å². The SMILES string of the molecule is Cc1nccn1CC1OCCc2ccccc21. The maximum Gasteiger partial charge on any atom is 0.105 e. The average molecular weight is 228 g/mol. The highest BCUT2D eigenvalue weighted by atomic mass is 16.5. The van der Waals surface area contributed by atoms with E-state index in [9.17, 15) is 0 Å². The van der Waals surface area contributed by atoms with Crippen LogP contribution in [0.2, 0.25) is 0 Å². The zero-order valence-corrected chi connectivity index (χ0v) is 9.97. The summed E-state index contributed by atoms with van der Waals surface area (Å²) in [6.45, 7) is 3.69. The lowest BCUT2D eigenvalue weighted by Crippen LogP contribution is -2.20. The van der Waals surface area contributed by atoms with E-state index in [4.69, 9.17) is 4.74 Å². The lowest BCUT2D eigenvalue weighted by Gasteiger charge is -2.26. The Morgan fingerprint density at radius 2 is 2.29 bits per heavy atom. The van der Waals surface area contributed by atoms with Gasteiger partial charge in [-0.15, -0.1) is 0 Å².